The molecule has 0 amide bonds. The smallest absolute Gasteiger partial charge is 0.178 e. The van der Waals surface area contributed by atoms with Gasteiger partial charge in [-0.2, -0.15) is 9.78 Å². The SMILES string of the molecule is CCCNc1cc(CC(C)C)nn1-c1ccc(Cl)nn1. The molecule has 2 aromatic heterocycles. The molecule has 2 aromatic rings. The van der Waals surface area contributed by atoms with Crippen LogP contribution in [0, 0.1) is 5.92 Å². The summed E-state index contributed by atoms with van der Waals surface area (Å²) in [6.45, 7) is 7.39. The molecule has 0 fully saturated rings. The minimum Gasteiger partial charge on any atom is -0.370 e. The van der Waals surface area contributed by atoms with E-state index in [0.29, 0.717) is 16.9 Å². The highest BCUT2D eigenvalue weighted by Gasteiger charge is 2.11. The first kappa shape index (κ1) is 14.8. The van der Waals surface area contributed by atoms with Gasteiger partial charge in [-0.15, -0.1) is 10.2 Å². The summed E-state index contributed by atoms with van der Waals surface area (Å²) in [6.07, 6.45) is 1.99. The molecule has 0 unspecified atom stereocenters. The van der Waals surface area contributed by atoms with Gasteiger partial charge >= 0.3 is 0 Å². The number of hydrogen-bond donors (Lipinski definition) is 1. The molecular formula is C14H20ClN5. The standard InChI is InChI=1S/C14H20ClN5/c1-4-7-16-14-9-11(8-10(2)3)19-20(14)13-6-5-12(15)17-18-13/h5-6,9-10,16H,4,7-8H2,1-3H3. The second-order valence-corrected chi connectivity index (χ2v) is 5.56. The van der Waals surface area contributed by atoms with Gasteiger partial charge < -0.3 is 5.32 Å². The summed E-state index contributed by atoms with van der Waals surface area (Å²) < 4.78 is 1.79. The van der Waals surface area contributed by atoms with Crippen molar-refractivity contribution in [2.45, 2.75) is 33.6 Å². The number of hydrogen-bond acceptors (Lipinski definition) is 4. The summed E-state index contributed by atoms with van der Waals surface area (Å²) in [5.74, 6) is 2.18. The van der Waals surface area contributed by atoms with E-state index in [0.717, 1.165) is 30.9 Å². The third-order valence-corrected chi connectivity index (χ3v) is 2.97. The van der Waals surface area contributed by atoms with Crippen LogP contribution in [0.2, 0.25) is 5.15 Å². The number of nitrogens with zero attached hydrogens (tertiary/aromatic N) is 4. The van der Waals surface area contributed by atoms with E-state index in [4.69, 9.17) is 11.6 Å². The van der Waals surface area contributed by atoms with Crippen molar-refractivity contribution < 1.29 is 0 Å². The van der Waals surface area contributed by atoms with Gasteiger partial charge in [-0.1, -0.05) is 32.4 Å². The molecule has 2 heterocycles. The maximum absolute atomic E-state index is 5.78. The van der Waals surface area contributed by atoms with Crippen LogP contribution in [0.15, 0.2) is 18.2 Å². The van der Waals surface area contributed by atoms with Crippen LogP contribution in [-0.2, 0) is 6.42 Å². The van der Waals surface area contributed by atoms with Crippen LogP contribution in [0.1, 0.15) is 32.9 Å². The second kappa shape index (κ2) is 6.70. The summed E-state index contributed by atoms with van der Waals surface area (Å²) in [4.78, 5) is 0. The van der Waals surface area contributed by atoms with Crippen LogP contribution in [0.5, 0.6) is 0 Å². The third-order valence-electron chi connectivity index (χ3n) is 2.77. The Morgan fingerprint density at radius 2 is 2.10 bits per heavy atom. The van der Waals surface area contributed by atoms with Gasteiger partial charge in [0.15, 0.2) is 11.0 Å². The Morgan fingerprint density at radius 1 is 1.30 bits per heavy atom. The van der Waals surface area contributed by atoms with Crippen molar-refractivity contribution in [3.8, 4) is 5.82 Å². The molecule has 0 radical (unpaired) electrons. The number of halogens is 1. The highest BCUT2D eigenvalue weighted by Crippen LogP contribution is 2.18. The number of anilines is 1. The van der Waals surface area contributed by atoms with E-state index in [9.17, 15) is 0 Å². The fraction of sp³-hybridized carbons (Fsp3) is 0.500. The van der Waals surface area contributed by atoms with Gasteiger partial charge in [0.1, 0.15) is 5.82 Å². The van der Waals surface area contributed by atoms with Gasteiger partial charge in [-0.25, -0.2) is 0 Å². The first-order valence-electron chi connectivity index (χ1n) is 6.92. The van der Waals surface area contributed by atoms with Crippen LogP contribution >= 0.6 is 11.6 Å². The van der Waals surface area contributed by atoms with Gasteiger partial charge in [0.05, 0.1) is 5.69 Å². The van der Waals surface area contributed by atoms with E-state index in [2.05, 4.69) is 47.5 Å². The van der Waals surface area contributed by atoms with Crippen LogP contribution in [-0.4, -0.2) is 26.5 Å². The maximum Gasteiger partial charge on any atom is 0.178 e. The average Bonchev–Trinajstić information content (AvgIpc) is 2.79. The van der Waals surface area contributed by atoms with E-state index in [1.165, 1.54) is 0 Å². The molecule has 0 spiro atoms. The van der Waals surface area contributed by atoms with Crippen molar-refractivity contribution in [1.29, 1.82) is 0 Å². The highest BCUT2D eigenvalue weighted by molar-refractivity contribution is 6.29. The molecule has 20 heavy (non-hydrogen) atoms. The van der Waals surface area contributed by atoms with E-state index < -0.39 is 0 Å². The topological polar surface area (TPSA) is 55.6 Å². The number of aromatic nitrogens is 4. The molecule has 0 aliphatic carbocycles. The molecule has 6 heteroatoms. The van der Waals surface area contributed by atoms with E-state index in [-0.39, 0.29) is 0 Å². The molecule has 0 saturated carbocycles. The Kier molecular flexibility index (Phi) is 4.95. The van der Waals surface area contributed by atoms with E-state index >= 15 is 0 Å². The lowest BCUT2D eigenvalue weighted by Gasteiger charge is -2.07. The molecule has 108 valence electrons. The molecule has 0 saturated heterocycles. The normalized spacial score (nSPS) is 11.1. The predicted molar refractivity (Wildman–Crippen MR) is 81.5 cm³/mol. The largest absolute Gasteiger partial charge is 0.370 e. The van der Waals surface area contributed by atoms with Crippen LogP contribution in [0.4, 0.5) is 5.82 Å². The zero-order valence-corrected chi connectivity index (χ0v) is 12.9. The Balaban J connectivity index is 2.32. The minimum absolute atomic E-state index is 0.381. The zero-order valence-electron chi connectivity index (χ0n) is 12.1. The highest BCUT2D eigenvalue weighted by atomic mass is 35.5. The Bertz CT molecular complexity index is 547. The van der Waals surface area contributed by atoms with Crippen molar-refractivity contribution in [2.75, 3.05) is 11.9 Å². The molecule has 0 aliphatic heterocycles. The van der Waals surface area contributed by atoms with Crippen molar-refractivity contribution >= 4 is 17.4 Å². The van der Waals surface area contributed by atoms with Gasteiger partial charge in [-0.3, -0.25) is 0 Å². The molecule has 5 nitrogen and oxygen atoms in total. The van der Waals surface area contributed by atoms with Crippen molar-refractivity contribution in [3.05, 3.63) is 29.0 Å². The fourth-order valence-electron chi connectivity index (χ4n) is 1.92. The summed E-state index contributed by atoms with van der Waals surface area (Å²) in [6, 6.07) is 5.61. The quantitative estimate of drug-likeness (QED) is 0.887. The first-order chi connectivity index (χ1) is 9.60. The molecule has 1 N–H and O–H groups in total. The molecule has 0 atom stereocenters. The van der Waals surface area contributed by atoms with Crippen LogP contribution < -0.4 is 5.32 Å². The van der Waals surface area contributed by atoms with Gasteiger partial charge in [-0.05, 0) is 30.9 Å². The molecule has 2 rings (SSSR count). The zero-order chi connectivity index (χ0) is 14.5. The Labute approximate surface area is 124 Å². The lowest BCUT2D eigenvalue weighted by molar-refractivity contribution is 0.627. The van der Waals surface area contributed by atoms with Gasteiger partial charge in [0, 0.05) is 12.6 Å². The average molecular weight is 294 g/mol. The Morgan fingerprint density at radius 3 is 2.70 bits per heavy atom. The predicted octanol–water partition coefficient (Wildman–Crippen LogP) is 3.34. The first-order valence-corrected chi connectivity index (χ1v) is 7.30. The number of rotatable bonds is 6. The second-order valence-electron chi connectivity index (χ2n) is 5.17. The summed E-state index contributed by atoms with van der Waals surface area (Å²) in [7, 11) is 0. The molecule has 0 bridgehead atoms. The van der Waals surface area contributed by atoms with Gasteiger partial charge in [0.2, 0.25) is 0 Å². The lowest BCUT2D eigenvalue weighted by atomic mass is 10.1. The molecule has 0 aliphatic rings. The third kappa shape index (κ3) is 3.70. The maximum atomic E-state index is 5.78. The monoisotopic (exact) mass is 293 g/mol. The summed E-state index contributed by atoms with van der Waals surface area (Å²) >= 11 is 5.78. The Hall–Kier alpha value is -1.62. The lowest BCUT2D eigenvalue weighted by Crippen LogP contribution is -2.09. The minimum atomic E-state index is 0.381. The van der Waals surface area contributed by atoms with Crippen molar-refractivity contribution in [2.24, 2.45) is 5.92 Å². The van der Waals surface area contributed by atoms with E-state index in [1.54, 1.807) is 10.7 Å². The fourth-order valence-corrected chi connectivity index (χ4v) is 2.02. The van der Waals surface area contributed by atoms with Crippen molar-refractivity contribution in [1.82, 2.24) is 20.0 Å². The summed E-state index contributed by atoms with van der Waals surface area (Å²) in [5, 5.41) is 16.3. The molecule has 0 aromatic carbocycles. The molecular weight excluding hydrogens is 274 g/mol. The van der Waals surface area contributed by atoms with E-state index in [1.807, 2.05) is 6.07 Å². The number of nitrogens with one attached hydrogen (secondary N) is 1. The van der Waals surface area contributed by atoms with Gasteiger partial charge in [0.25, 0.3) is 0 Å². The van der Waals surface area contributed by atoms with Crippen LogP contribution in [0.3, 0.4) is 0 Å². The summed E-state index contributed by atoms with van der Waals surface area (Å²) in [5.41, 5.74) is 1.05. The van der Waals surface area contributed by atoms with Crippen LogP contribution in [0.25, 0.3) is 5.82 Å². The van der Waals surface area contributed by atoms with Crippen molar-refractivity contribution in [3.63, 3.8) is 0 Å².